The Bertz CT molecular complexity index is 855. The van der Waals surface area contributed by atoms with Crippen molar-refractivity contribution in [3.8, 4) is 5.75 Å². The molecule has 0 aliphatic heterocycles. The summed E-state index contributed by atoms with van der Waals surface area (Å²) in [5, 5.41) is 0.700. The van der Waals surface area contributed by atoms with Gasteiger partial charge in [0.15, 0.2) is 0 Å². The first-order valence-corrected chi connectivity index (χ1v) is 10.4. The highest BCUT2D eigenvalue weighted by molar-refractivity contribution is 7.92. The topological polar surface area (TPSA) is 72.5 Å². The highest BCUT2D eigenvalue weighted by Gasteiger charge is 2.19. The van der Waals surface area contributed by atoms with Crippen LogP contribution in [0.2, 0.25) is 9.36 Å². The van der Waals surface area contributed by atoms with Crippen molar-refractivity contribution in [1.82, 2.24) is 4.72 Å². The van der Waals surface area contributed by atoms with E-state index in [0.29, 0.717) is 28.1 Å². The number of hydrogen-bond donors (Lipinski definition) is 1. The van der Waals surface area contributed by atoms with Crippen molar-refractivity contribution in [1.29, 1.82) is 0 Å². The fourth-order valence-electron chi connectivity index (χ4n) is 2.11. The van der Waals surface area contributed by atoms with Gasteiger partial charge in [-0.25, -0.2) is 13.1 Å². The molecule has 0 fully saturated rings. The second-order valence-corrected chi connectivity index (χ2v) is 9.41. The first kappa shape index (κ1) is 20.0. The van der Waals surface area contributed by atoms with Crippen molar-refractivity contribution < 1.29 is 17.9 Å². The minimum Gasteiger partial charge on any atom is -0.494 e. The summed E-state index contributed by atoms with van der Waals surface area (Å²) in [6.07, 6.45) is 0.414. The number of carbonyl (C=O) groups excluding carboxylic acids is 1. The summed E-state index contributed by atoms with van der Waals surface area (Å²) < 4.78 is 31.9. The van der Waals surface area contributed by atoms with Gasteiger partial charge in [0.25, 0.3) is 10.0 Å². The number of benzene rings is 1. The molecule has 1 heterocycles. The molecule has 1 aromatic heterocycles. The van der Waals surface area contributed by atoms with Crippen molar-refractivity contribution in [3.63, 3.8) is 0 Å². The van der Waals surface area contributed by atoms with E-state index in [-0.39, 0.29) is 10.6 Å². The van der Waals surface area contributed by atoms with Gasteiger partial charge in [0, 0.05) is 11.4 Å². The summed E-state index contributed by atoms with van der Waals surface area (Å²) in [6.45, 7) is 4.06. The van der Waals surface area contributed by atoms with Gasteiger partial charge >= 0.3 is 0 Å². The molecule has 1 amide bonds. The van der Waals surface area contributed by atoms with Crippen LogP contribution in [-0.4, -0.2) is 20.9 Å². The third-order valence-electron chi connectivity index (χ3n) is 3.29. The largest absolute Gasteiger partial charge is 0.494 e. The first-order chi connectivity index (χ1) is 11.7. The van der Waals surface area contributed by atoms with Crippen molar-refractivity contribution in [2.45, 2.75) is 30.9 Å². The van der Waals surface area contributed by atoms with Crippen LogP contribution < -0.4 is 9.46 Å². The van der Waals surface area contributed by atoms with Gasteiger partial charge in [-0.3, -0.25) is 4.79 Å². The van der Waals surface area contributed by atoms with Crippen LogP contribution in [0.5, 0.6) is 5.75 Å². The summed E-state index contributed by atoms with van der Waals surface area (Å²) in [5.41, 5.74) is 1.82. The average molecular weight is 422 g/mol. The Morgan fingerprint density at radius 2 is 1.84 bits per heavy atom. The van der Waals surface area contributed by atoms with Gasteiger partial charge < -0.3 is 4.74 Å². The lowest BCUT2D eigenvalue weighted by atomic mass is 10.1. The molecule has 25 heavy (non-hydrogen) atoms. The zero-order chi connectivity index (χ0) is 18.6. The van der Waals surface area contributed by atoms with Gasteiger partial charge in [-0.05, 0) is 55.7 Å². The Labute approximate surface area is 161 Å². The predicted octanol–water partition coefficient (Wildman–Crippen LogP) is 4.34. The minimum absolute atomic E-state index is 0.00853. The van der Waals surface area contributed by atoms with E-state index in [4.69, 9.17) is 27.9 Å². The van der Waals surface area contributed by atoms with Crippen molar-refractivity contribution in [2.24, 2.45) is 0 Å². The van der Waals surface area contributed by atoms with Crippen molar-refractivity contribution in [3.05, 3.63) is 44.8 Å². The molecule has 0 aliphatic rings. The number of thiophene rings is 1. The van der Waals surface area contributed by atoms with Crippen molar-refractivity contribution in [2.75, 3.05) is 6.61 Å². The number of sulfonamides is 1. The predicted molar refractivity (Wildman–Crippen MR) is 100 cm³/mol. The van der Waals surface area contributed by atoms with E-state index < -0.39 is 15.9 Å². The van der Waals surface area contributed by atoms with Crippen LogP contribution >= 0.6 is 34.5 Å². The maximum atomic E-state index is 12.0. The highest BCUT2D eigenvalue weighted by atomic mass is 35.5. The third kappa shape index (κ3) is 5.60. The number of amides is 1. The fourth-order valence-corrected chi connectivity index (χ4v) is 4.71. The van der Waals surface area contributed by atoms with Gasteiger partial charge in [-0.2, -0.15) is 0 Å². The number of rotatable bonds is 7. The highest BCUT2D eigenvalue weighted by Crippen LogP contribution is 2.26. The van der Waals surface area contributed by atoms with Gasteiger partial charge in [0.1, 0.15) is 9.96 Å². The third-order valence-corrected chi connectivity index (χ3v) is 6.98. The molecule has 0 spiro atoms. The monoisotopic (exact) mass is 421 g/mol. The smallest absolute Gasteiger partial charge is 0.273 e. The first-order valence-electron chi connectivity index (χ1n) is 7.39. The van der Waals surface area contributed by atoms with E-state index in [9.17, 15) is 13.2 Å². The maximum Gasteiger partial charge on any atom is 0.273 e. The zero-order valence-corrected chi connectivity index (χ0v) is 16.8. The van der Waals surface area contributed by atoms with Gasteiger partial charge in [-0.1, -0.05) is 23.2 Å². The molecular weight excluding hydrogens is 405 g/mol. The van der Waals surface area contributed by atoms with Crippen LogP contribution in [0.4, 0.5) is 0 Å². The molecule has 0 unspecified atom stereocenters. The number of carbonyl (C=O) groups is 1. The number of ether oxygens (including phenoxy) is 1. The molecule has 9 heteroatoms. The SMILES string of the molecule is Cc1cc(OCCCC(=O)NS(=O)(=O)c2ccc(Cl)s2)cc(C)c1Cl. The summed E-state index contributed by atoms with van der Waals surface area (Å²) >= 11 is 12.7. The molecule has 0 radical (unpaired) electrons. The van der Waals surface area contributed by atoms with E-state index in [0.717, 1.165) is 22.5 Å². The Balaban J connectivity index is 1.81. The van der Waals surface area contributed by atoms with E-state index in [1.807, 2.05) is 30.7 Å². The average Bonchev–Trinajstić information content (AvgIpc) is 2.96. The van der Waals surface area contributed by atoms with E-state index in [1.54, 1.807) is 0 Å². The molecule has 5 nitrogen and oxygen atoms in total. The van der Waals surface area contributed by atoms with Crippen LogP contribution in [0.1, 0.15) is 24.0 Å². The molecular formula is C16H17Cl2NO4S2. The number of halogens is 2. The van der Waals surface area contributed by atoms with E-state index in [2.05, 4.69) is 0 Å². The fraction of sp³-hybridized carbons (Fsp3) is 0.312. The maximum absolute atomic E-state index is 12.0. The molecule has 0 aliphatic carbocycles. The summed E-state index contributed by atoms with van der Waals surface area (Å²) in [6, 6.07) is 6.47. The Morgan fingerprint density at radius 1 is 1.20 bits per heavy atom. The lowest BCUT2D eigenvalue weighted by Gasteiger charge is -2.10. The molecule has 0 saturated heterocycles. The second kappa shape index (κ2) is 8.40. The number of nitrogens with one attached hydrogen (secondary N) is 1. The second-order valence-electron chi connectivity index (χ2n) is 5.41. The Kier molecular flexibility index (Phi) is 6.73. The normalized spacial score (nSPS) is 11.4. The minimum atomic E-state index is -3.86. The van der Waals surface area contributed by atoms with Crippen LogP contribution in [0.3, 0.4) is 0 Å². The Hall–Kier alpha value is -1.28. The lowest BCUT2D eigenvalue weighted by Crippen LogP contribution is -2.30. The lowest BCUT2D eigenvalue weighted by molar-refractivity contribution is -0.119. The van der Waals surface area contributed by atoms with E-state index in [1.165, 1.54) is 12.1 Å². The standard InChI is InChI=1S/C16H17Cl2NO4S2/c1-10-8-12(9-11(2)16(10)18)23-7-3-4-14(20)19-25(21,22)15-6-5-13(17)24-15/h5-6,8-9H,3-4,7H2,1-2H3,(H,19,20). The molecule has 0 atom stereocenters. The molecule has 136 valence electrons. The molecule has 1 N–H and O–H groups in total. The van der Waals surface area contributed by atoms with Gasteiger partial charge in [0.05, 0.1) is 10.9 Å². The van der Waals surface area contributed by atoms with Crippen LogP contribution in [0.15, 0.2) is 28.5 Å². The summed E-state index contributed by atoms with van der Waals surface area (Å²) in [7, 11) is -3.86. The molecule has 0 saturated carbocycles. The quantitative estimate of drug-likeness (QED) is 0.674. The van der Waals surface area contributed by atoms with Gasteiger partial charge in [-0.15, -0.1) is 11.3 Å². The molecule has 0 bridgehead atoms. The Morgan fingerprint density at radius 3 is 2.40 bits per heavy atom. The molecule has 1 aromatic carbocycles. The van der Waals surface area contributed by atoms with Crippen LogP contribution in [0.25, 0.3) is 0 Å². The van der Waals surface area contributed by atoms with Gasteiger partial charge in [0.2, 0.25) is 5.91 Å². The number of aryl methyl sites for hydroxylation is 2. The number of hydrogen-bond acceptors (Lipinski definition) is 5. The summed E-state index contributed by atoms with van der Waals surface area (Å²) in [5.74, 6) is 0.0808. The molecule has 2 aromatic rings. The van der Waals surface area contributed by atoms with Crippen molar-refractivity contribution >= 4 is 50.5 Å². The van der Waals surface area contributed by atoms with Crippen LogP contribution in [0, 0.1) is 13.8 Å². The molecule has 2 rings (SSSR count). The van der Waals surface area contributed by atoms with Crippen LogP contribution in [-0.2, 0) is 14.8 Å². The van der Waals surface area contributed by atoms with E-state index >= 15 is 0 Å². The zero-order valence-electron chi connectivity index (χ0n) is 13.6. The summed E-state index contributed by atoms with van der Waals surface area (Å²) in [4.78, 5) is 11.8.